The first-order valence-corrected chi connectivity index (χ1v) is 7.22. The third-order valence-electron chi connectivity index (χ3n) is 3.41. The lowest BCUT2D eigenvalue weighted by molar-refractivity contribution is -0.145. The third kappa shape index (κ3) is 7.63. The number of alkyl halides is 3. The van der Waals surface area contributed by atoms with Crippen LogP contribution in [0.25, 0.3) is 0 Å². The minimum Gasteiger partial charge on any atom is -0.466 e. The van der Waals surface area contributed by atoms with Crippen molar-refractivity contribution >= 4 is 5.97 Å². The fraction of sp³-hybridized carbons (Fsp3) is 0.923. The van der Waals surface area contributed by atoms with Crippen molar-refractivity contribution in [3.8, 4) is 0 Å². The minimum absolute atomic E-state index is 0.00455. The Bertz CT molecular complexity index is 326. The molecule has 8 heteroatoms. The predicted octanol–water partition coefficient (Wildman–Crippen LogP) is 0.741. The smallest absolute Gasteiger partial charge is 0.401 e. The first-order valence-electron chi connectivity index (χ1n) is 7.22. The molecule has 0 spiro atoms. The van der Waals surface area contributed by atoms with E-state index in [9.17, 15) is 18.0 Å². The average molecular weight is 311 g/mol. The highest BCUT2D eigenvalue weighted by Gasteiger charge is 2.32. The van der Waals surface area contributed by atoms with E-state index in [1.165, 1.54) is 0 Å². The lowest BCUT2D eigenvalue weighted by atomic mass is 9.91. The molecule has 124 valence electrons. The largest absolute Gasteiger partial charge is 0.466 e. The number of carbonyl (C=O) groups is 1. The normalized spacial score (nSPS) is 24.0. The molecule has 0 aromatic heterocycles. The van der Waals surface area contributed by atoms with Gasteiger partial charge in [0.15, 0.2) is 0 Å². The number of rotatable bonds is 7. The molecule has 1 rings (SSSR count). The average Bonchev–Trinajstić information content (AvgIpc) is 2.36. The van der Waals surface area contributed by atoms with Gasteiger partial charge in [0.1, 0.15) is 0 Å². The Labute approximate surface area is 123 Å². The zero-order valence-electron chi connectivity index (χ0n) is 12.3. The SMILES string of the molecule is CCOC(=O)CC1CC(NCC(F)(F)F)CN(CCN)C1. The highest BCUT2D eigenvalue weighted by atomic mass is 19.4. The van der Waals surface area contributed by atoms with Crippen molar-refractivity contribution in [2.75, 3.05) is 39.3 Å². The van der Waals surface area contributed by atoms with Crippen molar-refractivity contribution in [3.63, 3.8) is 0 Å². The van der Waals surface area contributed by atoms with E-state index in [1.807, 2.05) is 4.90 Å². The van der Waals surface area contributed by atoms with Crippen LogP contribution in [-0.2, 0) is 9.53 Å². The molecule has 1 aliphatic rings. The Kier molecular flexibility index (Phi) is 7.41. The number of likely N-dealkylation sites (tertiary alicyclic amines) is 1. The molecule has 0 saturated carbocycles. The van der Waals surface area contributed by atoms with Crippen LogP contribution in [0.1, 0.15) is 19.8 Å². The van der Waals surface area contributed by atoms with Crippen LogP contribution in [0.15, 0.2) is 0 Å². The molecule has 1 fully saturated rings. The number of nitrogens with zero attached hydrogens (tertiary/aromatic N) is 1. The van der Waals surface area contributed by atoms with Crippen LogP contribution in [0.2, 0.25) is 0 Å². The summed E-state index contributed by atoms with van der Waals surface area (Å²) in [4.78, 5) is 13.5. The van der Waals surface area contributed by atoms with Gasteiger partial charge in [-0.2, -0.15) is 13.2 Å². The molecule has 3 N–H and O–H groups in total. The summed E-state index contributed by atoms with van der Waals surface area (Å²) >= 11 is 0. The molecule has 0 aliphatic carbocycles. The third-order valence-corrected chi connectivity index (χ3v) is 3.41. The van der Waals surface area contributed by atoms with Crippen molar-refractivity contribution in [3.05, 3.63) is 0 Å². The molecular weight excluding hydrogens is 287 g/mol. The summed E-state index contributed by atoms with van der Waals surface area (Å²) in [6.45, 7) is 3.27. The molecule has 0 bridgehead atoms. The summed E-state index contributed by atoms with van der Waals surface area (Å²) in [5.74, 6) is -0.304. The summed E-state index contributed by atoms with van der Waals surface area (Å²) in [7, 11) is 0. The van der Waals surface area contributed by atoms with E-state index < -0.39 is 12.7 Å². The standard InChI is InChI=1S/C13H24F3N3O2/c1-2-21-12(20)6-10-5-11(18-9-13(14,15)16)8-19(7-10)4-3-17/h10-11,18H,2-9,17H2,1H3. The second-order valence-corrected chi connectivity index (χ2v) is 5.35. The van der Waals surface area contributed by atoms with E-state index >= 15 is 0 Å². The number of hydrogen-bond donors (Lipinski definition) is 2. The number of nitrogens with one attached hydrogen (secondary N) is 1. The molecule has 0 aromatic rings. The van der Waals surface area contributed by atoms with E-state index in [0.29, 0.717) is 39.2 Å². The van der Waals surface area contributed by atoms with Crippen LogP contribution in [0.5, 0.6) is 0 Å². The van der Waals surface area contributed by atoms with Crippen LogP contribution in [-0.4, -0.2) is 62.4 Å². The lowest BCUT2D eigenvalue weighted by Crippen LogP contribution is -2.52. The minimum atomic E-state index is -4.23. The van der Waals surface area contributed by atoms with Crippen molar-refractivity contribution in [1.82, 2.24) is 10.2 Å². The molecule has 1 heterocycles. The van der Waals surface area contributed by atoms with Crippen molar-refractivity contribution in [2.24, 2.45) is 11.7 Å². The van der Waals surface area contributed by atoms with Gasteiger partial charge >= 0.3 is 12.1 Å². The number of hydrogen-bond acceptors (Lipinski definition) is 5. The topological polar surface area (TPSA) is 67.6 Å². The fourth-order valence-electron chi connectivity index (χ4n) is 2.68. The van der Waals surface area contributed by atoms with Crippen LogP contribution in [0.3, 0.4) is 0 Å². The summed E-state index contributed by atoms with van der Waals surface area (Å²) in [5.41, 5.74) is 5.51. The number of esters is 1. The van der Waals surface area contributed by atoms with Crippen LogP contribution < -0.4 is 11.1 Å². The Morgan fingerprint density at radius 1 is 1.43 bits per heavy atom. The van der Waals surface area contributed by atoms with Gasteiger partial charge in [0.05, 0.1) is 13.2 Å². The summed E-state index contributed by atoms with van der Waals surface area (Å²) in [5, 5.41) is 2.53. The van der Waals surface area contributed by atoms with Crippen molar-refractivity contribution < 1.29 is 22.7 Å². The number of piperidine rings is 1. The van der Waals surface area contributed by atoms with Gasteiger partial charge in [-0.05, 0) is 19.3 Å². The quantitative estimate of drug-likeness (QED) is 0.679. The highest BCUT2D eigenvalue weighted by Crippen LogP contribution is 2.21. The van der Waals surface area contributed by atoms with Gasteiger partial charge in [0, 0.05) is 38.6 Å². The lowest BCUT2D eigenvalue weighted by Gasteiger charge is -2.38. The Balaban J connectivity index is 2.53. The number of nitrogens with two attached hydrogens (primary N) is 1. The van der Waals surface area contributed by atoms with Crippen LogP contribution in [0.4, 0.5) is 13.2 Å². The number of halogens is 3. The first kappa shape index (κ1) is 18.2. The molecule has 0 amide bonds. The number of ether oxygens (including phenoxy) is 1. The molecular formula is C13H24F3N3O2. The monoisotopic (exact) mass is 311 g/mol. The van der Waals surface area contributed by atoms with E-state index in [4.69, 9.17) is 10.5 Å². The van der Waals surface area contributed by atoms with Crippen LogP contribution in [0, 0.1) is 5.92 Å². The zero-order chi connectivity index (χ0) is 15.9. The van der Waals surface area contributed by atoms with Gasteiger partial charge in [0.2, 0.25) is 0 Å². The molecule has 1 saturated heterocycles. The second kappa shape index (κ2) is 8.55. The van der Waals surface area contributed by atoms with Gasteiger partial charge in [-0.15, -0.1) is 0 Å². The molecule has 5 nitrogen and oxygen atoms in total. The van der Waals surface area contributed by atoms with Gasteiger partial charge in [0.25, 0.3) is 0 Å². The van der Waals surface area contributed by atoms with Crippen LogP contribution >= 0.6 is 0 Å². The van der Waals surface area contributed by atoms with E-state index in [2.05, 4.69) is 5.32 Å². The Morgan fingerprint density at radius 2 is 2.14 bits per heavy atom. The summed E-state index contributed by atoms with van der Waals surface area (Å²) in [6, 6.07) is -0.286. The highest BCUT2D eigenvalue weighted by molar-refractivity contribution is 5.69. The fourth-order valence-corrected chi connectivity index (χ4v) is 2.68. The van der Waals surface area contributed by atoms with Gasteiger partial charge in [-0.1, -0.05) is 0 Å². The second-order valence-electron chi connectivity index (χ2n) is 5.35. The first-order chi connectivity index (χ1) is 9.84. The molecule has 1 aliphatic heterocycles. The maximum atomic E-state index is 12.3. The Morgan fingerprint density at radius 3 is 2.71 bits per heavy atom. The number of carbonyl (C=O) groups excluding carboxylic acids is 1. The van der Waals surface area contributed by atoms with E-state index in [-0.39, 0.29) is 24.3 Å². The van der Waals surface area contributed by atoms with E-state index in [1.54, 1.807) is 6.92 Å². The van der Waals surface area contributed by atoms with Gasteiger partial charge in [-0.3, -0.25) is 4.79 Å². The predicted molar refractivity (Wildman–Crippen MR) is 72.7 cm³/mol. The van der Waals surface area contributed by atoms with Crippen molar-refractivity contribution in [1.29, 1.82) is 0 Å². The maximum Gasteiger partial charge on any atom is 0.401 e. The van der Waals surface area contributed by atoms with Gasteiger partial charge < -0.3 is 20.7 Å². The molecule has 2 unspecified atom stereocenters. The maximum absolute atomic E-state index is 12.3. The summed E-state index contributed by atoms with van der Waals surface area (Å²) in [6.07, 6.45) is -3.46. The summed E-state index contributed by atoms with van der Waals surface area (Å²) < 4.78 is 41.8. The molecule has 0 radical (unpaired) electrons. The molecule has 0 aromatic carbocycles. The van der Waals surface area contributed by atoms with Crippen molar-refractivity contribution in [2.45, 2.75) is 32.0 Å². The molecule has 2 atom stereocenters. The molecule has 21 heavy (non-hydrogen) atoms. The zero-order valence-corrected chi connectivity index (χ0v) is 12.3. The van der Waals surface area contributed by atoms with E-state index in [0.717, 1.165) is 0 Å². The van der Waals surface area contributed by atoms with Gasteiger partial charge in [-0.25, -0.2) is 0 Å². The Hall–Kier alpha value is -0.860.